The van der Waals surface area contributed by atoms with Gasteiger partial charge in [0.05, 0.1) is 12.6 Å². The van der Waals surface area contributed by atoms with Crippen LogP contribution in [-0.2, 0) is 4.79 Å². The Kier molecular flexibility index (Phi) is 3.97. The zero-order valence-electron chi connectivity index (χ0n) is 12.4. The lowest BCUT2D eigenvalue weighted by Crippen LogP contribution is -2.47. The van der Waals surface area contributed by atoms with Gasteiger partial charge in [0.25, 0.3) is 0 Å². The van der Waals surface area contributed by atoms with Gasteiger partial charge in [-0.05, 0) is 37.1 Å². The van der Waals surface area contributed by atoms with Gasteiger partial charge in [-0.2, -0.15) is 5.26 Å². The van der Waals surface area contributed by atoms with Gasteiger partial charge in [-0.25, -0.2) is 0 Å². The fraction of sp³-hybridized carbons (Fsp3) is 0.333. The molecule has 0 aromatic heterocycles. The van der Waals surface area contributed by atoms with Gasteiger partial charge < -0.3 is 10.6 Å². The van der Waals surface area contributed by atoms with Gasteiger partial charge in [-0.15, -0.1) is 0 Å². The van der Waals surface area contributed by atoms with Gasteiger partial charge in [0.15, 0.2) is 0 Å². The fourth-order valence-corrected chi connectivity index (χ4v) is 3.11. The molecule has 2 aromatic rings. The highest BCUT2D eigenvalue weighted by atomic mass is 16.2. The second-order valence-electron chi connectivity index (χ2n) is 5.83. The third-order valence-corrected chi connectivity index (χ3v) is 4.28. The van der Waals surface area contributed by atoms with Crippen molar-refractivity contribution in [3.8, 4) is 6.07 Å². The number of benzene rings is 2. The molecule has 2 N–H and O–H groups in total. The number of hydrogen-bond donors (Lipinski definition) is 2. The van der Waals surface area contributed by atoms with E-state index in [1.54, 1.807) is 0 Å². The minimum Gasteiger partial charge on any atom is -0.376 e. The number of nitrogens with one attached hydrogen (secondary N) is 2. The summed E-state index contributed by atoms with van der Waals surface area (Å²) in [5, 5.41) is 17.6. The Labute approximate surface area is 130 Å². The van der Waals surface area contributed by atoms with Crippen LogP contribution in [-0.4, -0.2) is 18.0 Å². The van der Waals surface area contributed by atoms with Crippen LogP contribution in [0.15, 0.2) is 42.5 Å². The van der Waals surface area contributed by atoms with Crippen LogP contribution in [0.5, 0.6) is 0 Å². The van der Waals surface area contributed by atoms with Crippen molar-refractivity contribution in [1.82, 2.24) is 5.32 Å². The standard InChI is InChI=1S/C18H19N3O/c19-13-18(10-3-4-11-18)21-17(22)12-20-16-9-5-7-14-6-1-2-8-15(14)16/h1-2,5-9,20H,3-4,10-12H2,(H,21,22). The molecule has 1 saturated carbocycles. The van der Waals surface area contributed by atoms with E-state index in [0.717, 1.165) is 42.1 Å². The smallest absolute Gasteiger partial charge is 0.240 e. The van der Waals surface area contributed by atoms with Crippen LogP contribution < -0.4 is 10.6 Å². The molecule has 3 rings (SSSR count). The van der Waals surface area contributed by atoms with Crippen molar-refractivity contribution < 1.29 is 4.79 Å². The molecule has 112 valence electrons. The molecule has 0 atom stereocenters. The number of nitrogens with zero attached hydrogens (tertiary/aromatic N) is 1. The second kappa shape index (κ2) is 6.07. The third-order valence-electron chi connectivity index (χ3n) is 4.28. The van der Waals surface area contributed by atoms with Crippen LogP contribution in [0.25, 0.3) is 10.8 Å². The topological polar surface area (TPSA) is 64.9 Å². The SMILES string of the molecule is N#CC1(NC(=O)CNc2cccc3ccccc23)CCCC1. The molecule has 1 amide bonds. The van der Waals surface area contributed by atoms with E-state index in [-0.39, 0.29) is 12.5 Å². The van der Waals surface area contributed by atoms with E-state index in [0.29, 0.717) is 0 Å². The first kappa shape index (κ1) is 14.4. The highest BCUT2D eigenvalue weighted by Crippen LogP contribution is 2.29. The summed E-state index contributed by atoms with van der Waals surface area (Å²) in [5.41, 5.74) is 0.281. The van der Waals surface area contributed by atoms with Crippen molar-refractivity contribution in [3.63, 3.8) is 0 Å². The number of hydrogen-bond acceptors (Lipinski definition) is 3. The first-order valence-corrected chi connectivity index (χ1v) is 7.66. The highest BCUT2D eigenvalue weighted by Gasteiger charge is 2.35. The zero-order valence-corrected chi connectivity index (χ0v) is 12.4. The van der Waals surface area contributed by atoms with Gasteiger partial charge in [-0.1, -0.05) is 36.4 Å². The lowest BCUT2D eigenvalue weighted by Gasteiger charge is -2.22. The molecule has 0 radical (unpaired) electrons. The van der Waals surface area contributed by atoms with Gasteiger partial charge in [0.2, 0.25) is 5.91 Å². The van der Waals surface area contributed by atoms with Gasteiger partial charge in [-0.3, -0.25) is 4.79 Å². The summed E-state index contributed by atoms with van der Waals surface area (Å²) in [7, 11) is 0. The molecular weight excluding hydrogens is 274 g/mol. The number of nitriles is 1. The summed E-state index contributed by atoms with van der Waals surface area (Å²) in [6, 6.07) is 16.3. The monoisotopic (exact) mass is 293 g/mol. The molecule has 0 saturated heterocycles. The summed E-state index contributed by atoms with van der Waals surface area (Å²) in [6.07, 6.45) is 3.52. The highest BCUT2D eigenvalue weighted by molar-refractivity contribution is 5.95. The van der Waals surface area contributed by atoms with E-state index in [9.17, 15) is 10.1 Å². The van der Waals surface area contributed by atoms with Crippen LogP contribution in [0.2, 0.25) is 0 Å². The van der Waals surface area contributed by atoms with E-state index in [4.69, 9.17) is 0 Å². The van der Waals surface area contributed by atoms with E-state index < -0.39 is 5.54 Å². The third kappa shape index (κ3) is 2.89. The minimum atomic E-state index is -0.655. The van der Waals surface area contributed by atoms with Crippen molar-refractivity contribution in [2.24, 2.45) is 0 Å². The number of carbonyl (C=O) groups excluding carboxylic acids is 1. The molecule has 1 aliphatic carbocycles. The number of carbonyl (C=O) groups is 1. The molecular formula is C18H19N3O. The Bertz CT molecular complexity index is 721. The zero-order chi connectivity index (χ0) is 15.4. The average molecular weight is 293 g/mol. The Morgan fingerprint density at radius 2 is 1.86 bits per heavy atom. The molecule has 0 unspecified atom stereocenters. The van der Waals surface area contributed by atoms with Crippen LogP contribution in [0.4, 0.5) is 5.69 Å². The Morgan fingerprint density at radius 3 is 2.64 bits per heavy atom. The molecule has 1 aliphatic rings. The number of rotatable bonds is 4. The molecule has 1 fully saturated rings. The number of anilines is 1. The molecule has 4 nitrogen and oxygen atoms in total. The fourth-order valence-electron chi connectivity index (χ4n) is 3.11. The van der Waals surface area contributed by atoms with Crippen LogP contribution >= 0.6 is 0 Å². The molecule has 0 aliphatic heterocycles. The molecule has 0 spiro atoms. The molecule has 4 heteroatoms. The first-order chi connectivity index (χ1) is 10.7. The van der Waals surface area contributed by atoms with Gasteiger partial charge >= 0.3 is 0 Å². The number of amides is 1. The summed E-state index contributed by atoms with van der Waals surface area (Å²) in [6.45, 7) is 0.178. The Hall–Kier alpha value is -2.54. The molecule has 22 heavy (non-hydrogen) atoms. The van der Waals surface area contributed by atoms with E-state index in [1.165, 1.54) is 0 Å². The summed E-state index contributed by atoms with van der Waals surface area (Å²) in [5.74, 6) is -0.128. The largest absolute Gasteiger partial charge is 0.376 e. The molecule has 2 aromatic carbocycles. The molecule has 0 bridgehead atoms. The minimum absolute atomic E-state index is 0.128. The van der Waals surface area contributed by atoms with E-state index >= 15 is 0 Å². The number of fused-ring (bicyclic) bond motifs is 1. The van der Waals surface area contributed by atoms with E-state index in [2.05, 4.69) is 16.7 Å². The van der Waals surface area contributed by atoms with Crippen LogP contribution in [0, 0.1) is 11.3 Å². The summed E-state index contributed by atoms with van der Waals surface area (Å²) >= 11 is 0. The maximum absolute atomic E-state index is 12.1. The average Bonchev–Trinajstić information content (AvgIpc) is 3.02. The van der Waals surface area contributed by atoms with Crippen LogP contribution in [0.1, 0.15) is 25.7 Å². The molecule has 0 heterocycles. The van der Waals surface area contributed by atoms with Crippen molar-refractivity contribution in [3.05, 3.63) is 42.5 Å². The Morgan fingerprint density at radius 1 is 1.14 bits per heavy atom. The van der Waals surface area contributed by atoms with E-state index in [1.807, 2.05) is 42.5 Å². The van der Waals surface area contributed by atoms with Gasteiger partial charge in [0.1, 0.15) is 5.54 Å². The lowest BCUT2D eigenvalue weighted by molar-refractivity contribution is -0.120. The normalized spacial score (nSPS) is 16.1. The Balaban J connectivity index is 1.67. The quantitative estimate of drug-likeness (QED) is 0.909. The predicted octanol–water partition coefficient (Wildman–Crippen LogP) is 3.20. The maximum atomic E-state index is 12.1. The first-order valence-electron chi connectivity index (χ1n) is 7.66. The van der Waals surface area contributed by atoms with Gasteiger partial charge in [0, 0.05) is 11.1 Å². The van der Waals surface area contributed by atoms with Crippen molar-refractivity contribution in [2.45, 2.75) is 31.2 Å². The predicted molar refractivity (Wildman–Crippen MR) is 87.4 cm³/mol. The lowest BCUT2D eigenvalue weighted by atomic mass is 10.00. The van der Waals surface area contributed by atoms with Crippen LogP contribution in [0.3, 0.4) is 0 Å². The van der Waals surface area contributed by atoms with Crippen molar-refractivity contribution >= 4 is 22.4 Å². The maximum Gasteiger partial charge on any atom is 0.240 e. The van der Waals surface area contributed by atoms with Crippen molar-refractivity contribution in [2.75, 3.05) is 11.9 Å². The summed E-state index contributed by atoms with van der Waals surface area (Å²) in [4.78, 5) is 12.1. The summed E-state index contributed by atoms with van der Waals surface area (Å²) < 4.78 is 0. The van der Waals surface area contributed by atoms with Crippen molar-refractivity contribution in [1.29, 1.82) is 5.26 Å². The second-order valence-corrected chi connectivity index (χ2v) is 5.83.